The Morgan fingerprint density at radius 2 is 2.07 bits per heavy atom. The Bertz CT molecular complexity index is 229. The summed E-state index contributed by atoms with van der Waals surface area (Å²) in [5.74, 6) is -0.855. The smallest absolute Gasteiger partial charge is 0.309 e. The third-order valence-corrected chi connectivity index (χ3v) is 3.35. The molecule has 1 heterocycles. The summed E-state index contributed by atoms with van der Waals surface area (Å²) in [4.78, 5) is 10.6. The monoisotopic (exact) mass is 204 g/mol. The Hall–Kier alpha value is -0.650. The summed E-state index contributed by atoms with van der Waals surface area (Å²) >= 11 is 0. The van der Waals surface area contributed by atoms with E-state index in [2.05, 4.69) is 0 Å². The van der Waals surface area contributed by atoms with Gasteiger partial charge in [0.15, 0.2) is 0 Å². The first-order chi connectivity index (χ1) is 6.39. The van der Waals surface area contributed by atoms with Crippen LogP contribution in [0.15, 0.2) is 0 Å². The highest BCUT2D eigenvalue weighted by molar-refractivity contribution is 5.67. The van der Waals surface area contributed by atoms with E-state index in [9.17, 15) is 9.90 Å². The van der Waals surface area contributed by atoms with Crippen molar-refractivity contribution in [2.75, 3.05) is 20.7 Å². The minimum Gasteiger partial charge on any atom is -0.481 e. The molecule has 5 heteroatoms. The van der Waals surface area contributed by atoms with E-state index in [1.807, 2.05) is 14.1 Å². The van der Waals surface area contributed by atoms with Crippen LogP contribution in [0.4, 0.5) is 0 Å². The Kier molecular flexibility index (Phi) is 3.14. The molecule has 0 aromatic rings. The number of hydrogen-bond acceptors (Lipinski definition) is 3. The number of aliphatic hydroxyl groups is 2. The first kappa shape index (κ1) is 11.4. The van der Waals surface area contributed by atoms with E-state index < -0.39 is 12.1 Å². The predicted molar refractivity (Wildman–Crippen MR) is 49.6 cm³/mol. The van der Waals surface area contributed by atoms with E-state index in [0.717, 1.165) is 0 Å². The van der Waals surface area contributed by atoms with E-state index in [4.69, 9.17) is 10.2 Å². The van der Waals surface area contributed by atoms with Crippen LogP contribution in [0, 0.1) is 0 Å². The molecule has 82 valence electrons. The van der Waals surface area contributed by atoms with Crippen molar-refractivity contribution in [3.8, 4) is 0 Å². The number of carbonyl (C=O) groups is 1. The number of likely N-dealkylation sites (tertiary alicyclic amines) is 1. The fourth-order valence-corrected chi connectivity index (χ4v) is 2.27. The molecule has 5 nitrogen and oxygen atoms in total. The van der Waals surface area contributed by atoms with Crippen LogP contribution in [0.25, 0.3) is 0 Å². The summed E-state index contributed by atoms with van der Waals surface area (Å²) in [6.07, 6.45) is -0.107. The van der Waals surface area contributed by atoms with Gasteiger partial charge >= 0.3 is 5.97 Å². The minimum absolute atomic E-state index is 0.0422. The number of carboxylic acids is 1. The summed E-state index contributed by atoms with van der Waals surface area (Å²) in [5.41, 5.74) is 0. The quantitative estimate of drug-likeness (QED) is 0.517. The highest BCUT2D eigenvalue weighted by Crippen LogP contribution is 2.31. The van der Waals surface area contributed by atoms with Gasteiger partial charge in [0.25, 0.3) is 0 Å². The van der Waals surface area contributed by atoms with Crippen molar-refractivity contribution >= 4 is 5.97 Å². The van der Waals surface area contributed by atoms with Crippen LogP contribution in [0.3, 0.4) is 0 Å². The van der Waals surface area contributed by atoms with Crippen LogP contribution in [0.5, 0.6) is 0 Å². The molecule has 0 radical (unpaired) electrons. The van der Waals surface area contributed by atoms with E-state index in [1.165, 1.54) is 0 Å². The molecule has 0 aliphatic carbocycles. The molecule has 1 aliphatic heterocycles. The summed E-state index contributed by atoms with van der Waals surface area (Å²) in [5, 5.41) is 27.4. The van der Waals surface area contributed by atoms with Crippen LogP contribution in [-0.2, 0) is 4.79 Å². The van der Waals surface area contributed by atoms with Gasteiger partial charge in [-0.15, -0.1) is 0 Å². The molecule has 0 unspecified atom stereocenters. The maximum absolute atomic E-state index is 10.6. The molecule has 1 rings (SSSR count). The largest absolute Gasteiger partial charge is 0.481 e. The second kappa shape index (κ2) is 3.84. The summed E-state index contributed by atoms with van der Waals surface area (Å²) in [6.45, 7) is -0.107. The van der Waals surface area contributed by atoms with Crippen molar-refractivity contribution in [1.82, 2.24) is 0 Å². The third-order valence-electron chi connectivity index (χ3n) is 3.35. The SMILES string of the molecule is C[N+]1(C)[C@H](CC(=O)O)C[C@@H](O)[C@@H]1CO. The molecule has 0 bridgehead atoms. The molecular formula is C9H18NO4+. The van der Waals surface area contributed by atoms with Gasteiger partial charge in [-0.2, -0.15) is 0 Å². The van der Waals surface area contributed by atoms with Gasteiger partial charge in [0.1, 0.15) is 18.2 Å². The molecule has 3 N–H and O–H groups in total. The zero-order chi connectivity index (χ0) is 10.9. The second-order valence-electron chi connectivity index (χ2n) is 4.43. The molecule has 0 saturated carbocycles. The summed E-state index contributed by atoms with van der Waals surface area (Å²) in [7, 11) is 3.70. The predicted octanol–water partition coefficient (Wildman–Crippen LogP) is -0.968. The van der Waals surface area contributed by atoms with E-state index in [0.29, 0.717) is 10.9 Å². The number of likely N-dealkylation sites (N-methyl/N-ethyl adjacent to an activating group) is 1. The fraction of sp³-hybridized carbons (Fsp3) is 0.889. The van der Waals surface area contributed by atoms with Gasteiger partial charge in [-0.05, 0) is 0 Å². The molecule has 3 atom stereocenters. The van der Waals surface area contributed by atoms with Crippen LogP contribution >= 0.6 is 0 Å². The van der Waals surface area contributed by atoms with Crippen LogP contribution < -0.4 is 0 Å². The first-order valence-corrected chi connectivity index (χ1v) is 4.73. The van der Waals surface area contributed by atoms with Crippen molar-refractivity contribution in [3.63, 3.8) is 0 Å². The van der Waals surface area contributed by atoms with E-state index in [1.54, 1.807) is 0 Å². The topological polar surface area (TPSA) is 77.8 Å². The molecule has 0 spiro atoms. The van der Waals surface area contributed by atoms with Gasteiger partial charge in [0, 0.05) is 6.42 Å². The Labute approximate surface area is 83.2 Å². The highest BCUT2D eigenvalue weighted by Gasteiger charge is 2.49. The molecule has 1 fully saturated rings. The number of carboxylic acid groups (broad SMARTS) is 1. The van der Waals surface area contributed by atoms with Gasteiger partial charge in [0.2, 0.25) is 0 Å². The number of quaternary nitrogens is 1. The lowest BCUT2D eigenvalue weighted by Crippen LogP contribution is -2.54. The standard InChI is InChI=1S/C9H17NO4/c1-10(2)6(4-9(13)14)3-8(12)7(10)5-11/h6-8,11-12H,3-5H2,1-2H3/p+1/t6-,7-,8+/m0/s1. The van der Waals surface area contributed by atoms with E-state index in [-0.39, 0.29) is 25.1 Å². The molecular weight excluding hydrogens is 186 g/mol. The normalized spacial score (nSPS) is 35.9. The molecule has 1 aliphatic rings. The van der Waals surface area contributed by atoms with Crippen molar-refractivity contribution in [3.05, 3.63) is 0 Å². The summed E-state index contributed by atoms with van der Waals surface area (Å²) in [6, 6.07) is -0.376. The van der Waals surface area contributed by atoms with Gasteiger partial charge in [-0.3, -0.25) is 4.79 Å². The first-order valence-electron chi connectivity index (χ1n) is 4.73. The lowest BCUT2D eigenvalue weighted by Gasteiger charge is -2.36. The lowest BCUT2D eigenvalue weighted by atomic mass is 10.1. The molecule has 0 aromatic heterocycles. The van der Waals surface area contributed by atoms with Gasteiger partial charge in [0.05, 0.1) is 27.1 Å². The Morgan fingerprint density at radius 1 is 1.50 bits per heavy atom. The van der Waals surface area contributed by atoms with Gasteiger partial charge in [-0.1, -0.05) is 0 Å². The minimum atomic E-state index is -0.855. The zero-order valence-electron chi connectivity index (χ0n) is 8.55. The van der Waals surface area contributed by atoms with Crippen LogP contribution in [0.1, 0.15) is 12.8 Å². The van der Waals surface area contributed by atoms with E-state index >= 15 is 0 Å². The highest BCUT2D eigenvalue weighted by atomic mass is 16.4. The average molecular weight is 204 g/mol. The van der Waals surface area contributed by atoms with Crippen LogP contribution in [0.2, 0.25) is 0 Å². The van der Waals surface area contributed by atoms with Crippen molar-refractivity contribution < 1.29 is 24.6 Å². The lowest BCUT2D eigenvalue weighted by molar-refractivity contribution is -0.926. The van der Waals surface area contributed by atoms with Crippen molar-refractivity contribution in [1.29, 1.82) is 0 Å². The molecule has 14 heavy (non-hydrogen) atoms. The molecule has 0 aromatic carbocycles. The van der Waals surface area contributed by atoms with Crippen molar-refractivity contribution in [2.24, 2.45) is 0 Å². The number of aliphatic hydroxyl groups excluding tert-OH is 2. The van der Waals surface area contributed by atoms with Crippen LogP contribution in [-0.4, -0.2) is 64.7 Å². The third kappa shape index (κ3) is 1.89. The maximum Gasteiger partial charge on any atom is 0.309 e. The second-order valence-corrected chi connectivity index (χ2v) is 4.43. The average Bonchev–Trinajstić information content (AvgIpc) is 2.21. The summed E-state index contributed by atoms with van der Waals surface area (Å²) < 4.78 is 0.379. The number of rotatable bonds is 3. The van der Waals surface area contributed by atoms with Gasteiger partial charge < -0.3 is 19.8 Å². The number of aliphatic carboxylic acids is 1. The van der Waals surface area contributed by atoms with Crippen molar-refractivity contribution in [2.45, 2.75) is 31.0 Å². The Balaban J connectivity index is 2.76. The molecule has 0 amide bonds. The molecule has 1 saturated heterocycles. The fourth-order valence-electron chi connectivity index (χ4n) is 2.27. The zero-order valence-corrected chi connectivity index (χ0v) is 8.55. The Morgan fingerprint density at radius 3 is 2.43 bits per heavy atom. The maximum atomic E-state index is 10.6. The van der Waals surface area contributed by atoms with Gasteiger partial charge in [-0.25, -0.2) is 0 Å². The number of nitrogens with zero attached hydrogens (tertiary/aromatic N) is 1. The number of hydrogen-bond donors (Lipinski definition) is 3.